The Hall–Kier alpha value is -3.62. The smallest absolute Gasteiger partial charge is 0.315 e. The third kappa shape index (κ3) is 6.24. The molecule has 0 aromatic heterocycles. The Morgan fingerprint density at radius 2 is 1.62 bits per heavy atom. The first-order valence-electron chi connectivity index (χ1n) is 13.7. The van der Waals surface area contributed by atoms with Crippen molar-refractivity contribution in [1.82, 2.24) is 4.90 Å². The lowest BCUT2D eigenvalue weighted by molar-refractivity contribution is -0.120. The molecule has 5 rings (SSSR count). The standard InChI is InChI=1S/C32H35NO6S/c1-23(33-18-6-3-7-19-33)39-28-16-12-26(21-40(35,36)38-22-34)31(20-28)32-29-9-5-4-8-24(29)13-17-30(32)25-10-14-27(37-2)15-11-25/h4-5,8-12,14-16,20,22-23H,3,6-7,13,17-19,21H2,1-2H3. The number of rotatable bonds is 10. The topological polar surface area (TPSA) is 82.1 Å². The van der Waals surface area contributed by atoms with Crippen molar-refractivity contribution in [3.05, 3.63) is 94.5 Å². The van der Waals surface area contributed by atoms with Crippen LogP contribution in [0.2, 0.25) is 0 Å². The Labute approximate surface area is 236 Å². The van der Waals surface area contributed by atoms with Crippen LogP contribution >= 0.6 is 0 Å². The summed E-state index contributed by atoms with van der Waals surface area (Å²) in [6, 6.07) is 21.7. The van der Waals surface area contributed by atoms with Crippen molar-refractivity contribution in [2.45, 2.75) is 51.0 Å². The van der Waals surface area contributed by atoms with Gasteiger partial charge in [-0.15, -0.1) is 0 Å². The molecule has 0 N–H and O–H groups in total. The number of ether oxygens (including phenoxy) is 2. The summed E-state index contributed by atoms with van der Waals surface area (Å²) >= 11 is 0. The first kappa shape index (κ1) is 27.9. The van der Waals surface area contributed by atoms with E-state index in [4.69, 9.17) is 9.47 Å². The van der Waals surface area contributed by atoms with E-state index in [0.717, 1.165) is 72.4 Å². The lowest BCUT2D eigenvalue weighted by Crippen LogP contribution is -2.40. The quantitative estimate of drug-likeness (QED) is 0.228. The Kier molecular flexibility index (Phi) is 8.57. The molecule has 0 bridgehead atoms. The van der Waals surface area contributed by atoms with Gasteiger partial charge in [-0.3, -0.25) is 9.69 Å². The maximum absolute atomic E-state index is 12.7. The summed E-state index contributed by atoms with van der Waals surface area (Å²) in [6.07, 6.45) is 5.08. The van der Waals surface area contributed by atoms with E-state index in [0.29, 0.717) is 11.3 Å². The van der Waals surface area contributed by atoms with E-state index in [-0.39, 0.29) is 12.7 Å². The predicted octanol–water partition coefficient (Wildman–Crippen LogP) is 5.81. The SMILES string of the molecule is COc1ccc(C2=C(c3cc(OC(C)N4CCCCC4)ccc3CS(=O)(=O)OC=O)c3ccccc3CC2)cc1. The molecular weight excluding hydrogens is 526 g/mol. The van der Waals surface area contributed by atoms with Crippen LogP contribution in [-0.2, 0) is 31.3 Å². The monoisotopic (exact) mass is 561 g/mol. The van der Waals surface area contributed by atoms with Gasteiger partial charge >= 0.3 is 16.6 Å². The Balaban J connectivity index is 1.66. The van der Waals surface area contributed by atoms with Crippen molar-refractivity contribution in [1.29, 1.82) is 0 Å². The van der Waals surface area contributed by atoms with Crippen LogP contribution in [0.15, 0.2) is 66.7 Å². The van der Waals surface area contributed by atoms with Crippen molar-refractivity contribution in [2.24, 2.45) is 0 Å². The number of hydrogen-bond donors (Lipinski definition) is 0. The summed E-state index contributed by atoms with van der Waals surface area (Å²) in [6.45, 7) is 4.01. The number of methoxy groups -OCH3 is 1. The molecule has 1 aliphatic heterocycles. The first-order chi connectivity index (χ1) is 19.4. The van der Waals surface area contributed by atoms with E-state index in [1.807, 2.05) is 42.5 Å². The molecule has 1 saturated heterocycles. The molecule has 3 aromatic rings. The molecule has 40 heavy (non-hydrogen) atoms. The van der Waals surface area contributed by atoms with Gasteiger partial charge in [0.15, 0.2) is 0 Å². The van der Waals surface area contributed by atoms with Gasteiger partial charge in [0.25, 0.3) is 0 Å². The molecule has 0 spiro atoms. The minimum atomic E-state index is -4.12. The number of hydrogen-bond acceptors (Lipinski definition) is 7. The molecule has 1 unspecified atom stereocenters. The number of fused-ring (bicyclic) bond motifs is 1. The molecule has 210 valence electrons. The number of carbonyl (C=O) groups excluding carboxylic acids is 1. The largest absolute Gasteiger partial charge is 0.497 e. The summed E-state index contributed by atoms with van der Waals surface area (Å²) in [5.74, 6) is 0.988. The number of allylic oxidation sites excluding steroid dienone is 1. The number of piperidine rings is 1. The molecule has 7 nitrogen and oxygen atoms in total. The second-order valence-electron chi connectivity index (χ2n) is 10.3. The van der Waals surface area contributed by atoms with E-state index in [1.165, 1.54) is 12.0 Å². The van der Waals surface area contributed by atoms with Crippen molar-refractivity contribution < 1.29 is 26.9 Å². The molecule has 2 aliphatic rings. The van der Waals surface area contributed by atoms with Crippen molar-refractivity contribution in [3.63, 3.8) is 0 Å². The van der Waals surface area contributed by atoms with Crippen molar-refractivity contribution >= 4 is 27.7 Å². The van der Waals surface area contributed by atoms with Crippen LogP contribution in [0.4, 0.5) is 0 Å². The molecule has 0 amide bonds. The maximum atomic E-state index is 12.7. The molecule has 3 aromatic carbocycles. The average Bonchev–Trinajstić information content (AvgIpc) is 2.97. The lowest BCUT2D eigenvalue weighted by Gasteiger charge is -2.32. The van der Waals surface area contributed by atoms with Crippen LogP contribution in [0.3, 0.4) is 0 Å². The fourth-order valence-electron chi connectivity index (χ4n) is 5.74. The molecule has 1 fully saturated rings. The number of carbonyl (C=O) groups is 1. The van der Waals surface area contributed by atoms with Crippen LogP contribution in [0.5, 0.6) is 11.5 Å². The Bertz CT molecular complexity index is 1490. The minimum Gasteiger partial charge on any atom is -0.497 e. The summed E-state index contributed by atoms with van der Waals surface area (Å²) in [4.78, 5) is 13.3. The molecular formula is C32H35NO6S. The summed E-state index contributed by atoms with van der Waals surface area (Å²) in [5, 5.41) is 0. The molecule has 1 atom stereocenters. The number of likely N-dealkylation sites (tertiary alicyclic amines) is 1. The summed E-state index contributed by atoms with van der Waals surface area (Å²) < 4.78 is 41.6. The highest BCUT2D eigenvalue weighted by Gasteiger charge is 2.26. The zero-order valence-electron chi connectivity index (χ0n) is 23.0. The fraction of sp³-hybridized carbons (Fsp3) is 0.344. The van der Waals surface area contributed by atoms with Crippen LogP contribution in [0.1, 0.15) is 60.4 Å². The highest BCUT2D eigenvalue weighted by molar-refractivity contribution is 7.86. The Morgan fingerprint density at radius 3 is 2.35 bits per heavy atom. The van der Waals surface area contributed by atoms with Crippen LogP contribution in [-0.4, -0.2) is 46.2 Å². The van der Waals surface area contributed by atoms with Crippen molar-refractivity contribution in [2.75, 3.05) is 20.2 Å². The Morgan fingerprint density at radius 1 is 0.900 bits per heavy atom. The van der Waals surface area contributed by atoms with Gasteiger partial charge < -0.3 is 13.7 Å². The fourth-order valence-corrected chi connectivity index (χ4v) is 6.56. The molecule has 0 radical (unpaired) electrons. The van der Waals surface area contributed by atoms with Gasteiger partial charge in [0.2, 0.25) is 0 Å². The van der Waals surface area contributed by atoms with Gasteiger partial charge in [-0.1, -0.05) is 48.9 Å². The van der Waals surface area contributed by atoms with Gasteiger partial charge in [-0.05, 0) is 95.8 Å². The lowest BCUT2D eigenvalue weighted by atomic mass is 9.78. The molecule has 1 aliphatic carbocycles. The maximum Gasteiger partial charge on any atom is 0.315 e. The third-order valence-electron chi connectivity index (χ3n) is 7.75. The van der Waals surface area contributed by atoms with E-state index >= 15 is 0 Å². The number of nitrogens with zero attached hydrogens (tertiary/aromatic N) is 1. The van der Waals surface area contributed by atoms with Gasteiger partial charge in [-0.2, -0.15) is 8.42 Å². The van der Waals surface area contributed by atoms with Crippen LogP contribution in [0.25, 0.3) is 11.1 Å². The van der Waals surface area contributed by atoms with E-state index in [2.05, 4.69) is 28.1 Å². The highest BCUT2D eigenvalue weighted by Crippen LogP contribution is 2.43. The molecule has 1 heterocycles. The molecule has 0 saturated carbocycles. The third-order valence-corrected chi connectivity index (χ3v) is 8.79. The van der Waals surface area contributed by atoms with Crippen LogP contribution < -0.4 is 9.47 Å². The summed E-state index contributed by atoms with van der Waals surface area (Å²) in [5.41, 5.74) is 6.64. The zero-order chi connectivity index (χ0) is 28.1. The van der Waals surface area contributed by atoms with Crippen molar-refractivity contribution in [3.8, 4) is 11.5 Å². The second-order valence-corrected chi connectivity index (χ2v) is 11.9. The average molecular weight is 562 g/mol. The highest BCUT2D eigenvalue weighted by atomic mass is 32.2. The van der Waals surface area contributed by atoms with Gasteiger partial charge in [0, 0.05) is 13.1 Å². The normalized spacial score (nSPS) is 16.6. The predicted molar refractivity (Wildman–Crippen MR) is 155 cm³/mol. The second kappa shape index (κ2) is 12.3. The van der Waals surface area contributed by atoms with E-state index in [1.54, 1.807) is 19.2 Å². The van der Waals surface area contributed by atoms with Crippen LogP contribution in [0, 0.1) is 0 Å². The van der Waals surface area contributed by atoms with Gasteiger partial charge in [-0.25, -0.2) is 0 Å². The molecule has 8 heteroatoms. The first-order valence-corrected chi connectivity index (χ1v) is 15.3. The zero-order valence-corrected chi connectivity index (χ0v) is 23.8. The van der Waals surface area contributed by atoms with E-state index in [9.17, 15) is 13.2 Å². The number of benzene rings is 3. The van der Waals surface area contributed by atoms with Gasteiger partial charge in [0.05, 0.1) is 7.11 Å². The summed E-state index contributed by atoms with van der Waals surface area (Å²) in [7, 11) is -2.48. The van der Waals surface area contributed by atoms with E-state index < -0.39 is 15.9 Å². The minimum absolute atomic E-state index is 0.0370. The number of aryl methyl sites for hydroxylation is 1. The van der Waals surface area contributed by atoms with Gasteiger partial charge in [0.1, 0.15) is 23.5 Å².